The molecule has 0 spiro atoms. The van der Waals surface area contributed by atoms with Gasteiger partial charge in [-0.2, -0.15) is 0 Å². The minimum absolute atomic E-state index is 1.21. The molecular formula is C40H30N2. The van der Waals surface area contributed by atoms with Crippen LogP contribution in [0.3, 0.4) is 0 Å². The van der Waals surface area contributed by atoms with Gasteiger partial charge in [0.1, 0.15) is 0 Å². The number of hydrogen-bond donors (Lipinski definition) is 0. The van der Waals surface area contributed by atoms with Crippen LogP contribution in [0.1, 0.15) is 13.8 Å². The molecule has 0 saturated heterocycles. The number of nitrogens with zero attached hydrogens (tertiary/aromatic N) is 2. The van der Waals surface area contributed by atoms with Gasteiger partial charge < -0.3 is 9.13 Å². The summed E-state index contributed by atoms with van der Waals surface area (Å²) >= 11 is 0. The van der Waals surface area contributed by atoms with Gasteiger partial charge in [0.05, 0.1) is 33.4 Å². The van der Waals surface area contributed by atoms with Crippen molar-refractivity contribution in [2.24, 2.45) is 0 Å². The van der Waals surface area contributed by atoms with Crippen LogP contribution >= 0.6 is 0 Å². The van der Waals surface area contributed by atoms with Crippen LogP contribution in [0.15, 0.2) is 146 Å². The van der Waals surface area contributed by atoms with Crippen molar-refractivity contribution in [2.75, 3.05) is 0 Å². The lowest BCUT2D eigenvalue weighted by Gasteiger charge is -2.12. The smallest absolute Gasteiger partial charge is 0.0549 e. The Morgan fingerprint density at radius 3 is 1.12 bits per heavy atom. The molecule has 0 aliphatic heterocycles. The van der Waals surface area contributed by atoms with Gasteiger partial charge in [-0.3, -0.25) is 0 Å². The lowest BCUT2D eigenvalue weighted by molar-refractivity contribution is 1.19. The summed E-state index contributed by atoms with van der Waals surface area (Å²) in [6.45, 7) is 4.00. The molecule has 0 N–H and O–H groups in total. The van der Waals surface area contributed by atoms with E-state index in [1.54, 1.807) is 0 Å². The molecule has 0 aliphatic rings. The van der Waals surface area contributed by atoms with Gasteiger partial charge in [-0.15, -0.1) is 0 Å². The van der Waals surface area contributed by atoms with Crippen LogP contribution in [0.25, 0.3) is 76.5 Å². The van der Waals surface area contributed by atoms with E-state index in [1.807, 2.05) is 13.8 Å². The van der Waals surface area contributed by atoms with Crippen LogP contribution in [0.4, 0.5) is 0 Å². The van der Waals surface area contributed by atoms with Crippen LogP contribution in [0, 0.1) is 0 Å². The van der Waals surface area contributed by atoms with Crippen LogP contribution < -0.4 is 0 Å². The maximum absolute atomic E-state index is 2.45. The standard InChI is InChI=1S/C38H24N2.C2H6/c1-3-15-27-25(11-1)13-9-21-33(27)39-35-19-7-5-17-29(35)31-24-38-32(23-37(31)39)30-18-6-8-20-36(30)40(38)34-22-10-14-26-12-2-4-16-28(26)34;1-2/h1-24H;1-2H3. The van der Waals surface area contributed by atoms with Crippen molar-refractivity contribution < 1.29 is 0 Å². The Kier molecular flexibility index (Phi) is 5.61. The van der Waals surface area contributed by atoms with E-state index in [9.17, 15) is 0 Å². The van der Waals surface area contributed by atoms with Gasteiger partial charge in [0, 0.05) is 32.3 Å². The highest BCUT2D eigenvalue weighted by molar-refractivity contribution is 6.19. The van der Waals surface area contributed by atoms with Crippen molar-refractivity contribution in [1.29, 1.82) is 0 Å². The molecule has 0 amide bonds. The Morgan fingerprint density at radius 1 is 0.310 bits per heavy atom. The third kappa shape index (κ3) is 3.45. The maximum Gasteiger partial charge on any atom is 0.0549 e. The van der Waals surface area contributed by atoms with Crippen molar-refractivity contribution in [3.05, 3.63) is 146 Å². The van der Waals surface area contributed by atoms with Crippen LogP contribution in [0.5, 0.6) is 0 Å². The summed E-state index contributed by atoms with van der Waals surface area (Å²) in [5.74, 6) is 0. The van der Waals surface area contributed by atoms with Gasteiger partial charge in [0.15, 0.2) is 0 Å². The first kappa shape index (κ1) is 24.5. The number of para-hydroxylation sites is 2. The van der Waals surface area contributed by atoms with Gasteiger partial charge in [-0.25, -0.2) is 0 Å². The molecule has 42 heavy (non-hydrogen) atoms. The second-order valence-corrected chi connectivity index (χ2v) is 10.6. The average molecular weight is 539 g/mol. The maximum atomic E-state index is 2.45. The molecule has 0 bridgehead atoms. The summed E-state index contributed by atoms with van der Waals surface area (Å²) < 4.78 is 4.91. The topological polar surface area (TPSA) is 9.86 Å². The van der Waals surface area contributed by atoms with Crippen molar-refractivity contribution >= 4 is 65.2 Å². The van der Waals surface area contributed by atoms with Gasteiger partial charge >= 0.3 is 0 Å². The van der Waals surface area contributed by atoms with Crippen LogP contribution in [-0.4, -0.2) is 9.13 Å². The minimum atomic E-state index is 1.21. The first-order valence-electron chi connectivity index (χ1n) is 14.8. The predicted molar refractivity (Wildman–Crippen MR) is 181 cm³/mol. The van der Waals surface area contributed by atoms with E-state index in [0.29, 0.717) is 0 Å². The molecule has 2 heteroatoms. The van der Waals surface area contributed by atoms with E-state index in [-0.39, 0.29) is 0 Å². The van der Waals surface area contributed by atoms with E-state index in [2.05, 4.69) is 155 Å². The average Bonchev–Trinajstić information content (AvgIpc) is 3.56. The second kappa shape index (κ2) is 9.64. The molecule has 0 atom stereocenters. The summed E-state index contributed by atoms with van der Waals surface area (Å²) in [6, 6.07) is 53.0. The van der Waals surface area contributed by atoms with Gasteiger partial charge in [0.25, 0.3) is 0 Å². The molecule has 0 unspecified atom stereocenters. The Morgan fingerprint density at radius 2 is 0.667 bits per heavy atom. The molecule has 9 rings (SSSR count). The Labute approximate surface area is 244 Å². The summed E-state index contributed by atoms with van der Waals surface area (Å²) in [5, 5.41) is 10.1. The number of aromatic nitrogens is 2. The SMILES string of the molecule is CC.c1ccc2c(-n3c4ccccc4c4cc5c(cc43)c3ccccc3n5-c3cccc4ccccc34)cccc2c1. The first-order chi connectivity index (χ1) is 20.9. The molecule has 0 radical (unpaired) electrons. The second-order valence-electron chi connectivity index (χ2n) is 10.6. The third-order valence-corrected chi connectivity index (χ3v) is 8.48. The van der Waals surface area contributed by atoms with Crippen LogP contribution in [0.2, 0.25) is 0 Å². The largest absolute Gasteiger partial charge is 0.309 e. The van der Waals surface area contributed by atoms with Crippen molar-refractivity contribution in [1.82, 2.24) is 9.13 Å². The summed E-state index contributed by atoms with van der Waals surface area (Å²) in [5.41, 5.74) is 7.32. The normalized spacial score (nSPS) is 11.6. The summed E-state index contributed by atoms with van der Waals surface area (Å²) in [7, 11) is 0. The molecule has 2 aromatic heterocycles. The van der Waals surface area contributed by atoms with Crippen molar-refractivity contribution in [3.8, 4) is 11.4 Å². The number of hydrogen-bond acceptors (Lipinski definition) is 0. The highest BCUT2D eigenvalue weighted by Crippen LogP contribution is 2.41. The van der Waals surface area contributed by atoms with E-state index in [4.69, 9.17) is 0 Å². The van der Waals surface area contributed by atoms with Gasteiger partial charge in [0.2, 0.25) is 0 Å². The fraction of sp³-hybridized carbons (Fsp3) is 0.0500. The van der Waals surface area contributed by atoms with E-state index < -0.39 is 0 Å². The highest BCUT2D eigenvalue weighted by atomic mass is 15.0. The molecule has 0 fully saturated rings. The molecule has 9 aromatic rings. The zero-order chi connectivity index (χ0) is 28.2. The Balaban J connectivity index is 0.00000131. The molecule has 2 heterocycles. The lowest BCUT2D eigenvalue weighted by atomic mass is 10.1. The third-order valence-electron chi connectivity index (χ3n) is 8.48. The fourth-order valence-electron chi connectivity index (χ4n) is 6.76. The van der Waals surface area contributed by atoms with E-state index in [1.165, 1.54) is 76.5 Å². The molecule has 2 nitrogen and oxygen atoms in total. The summed E-state index contributed by atoms with van der Waals surface area (Å²) in [4.78, 5) is 0. The quantitative estimate of drug-likeness (QED) is 0.207. The molecule has 0 aliphatic carbocycles. The van der Waals surface area contributed by atoms with Crippen molar-refractivity contribution in [2.45, 2.75) is 13.8 Å². The minimum Gasteiger partial charge on any atom is -0.309 e. The van der Waals surface area contributed by atoms with Gasteiger partial charge in [-0.05, 0) is 47.2 Å². The monoisotopic (exact) mass is 538 g/mol. The highest BCUT2D eigenvalue weighted by Gasteiger charge is 2.19. The van der Waals surface area contributed by atoms with E-state index in [0.717, 1.165) is 0 Å². The molecule has 0 saturated carbocycles. The molecule has 7 aromatic carbocycles. The Bertz CT molecular complexity index is 2250. The first-order valence-corrected chi connectivity index (χ1v) is 14.8. The van der Waals surface area contributed by atoms with E-state index >= 15 is 0 Å². The summed E-state index contributed by atoms with van der Waals surface area (Å²) in [6.07, 6.45) is 0. The predicted octanol–water partition coefficient (Wildman–Crippen LogP) is 11.2. The van der Waals surface area contributed by atoms with Gasteiger partial charge in [-0.1, -0.05) is 123 Å². The zero-order valence-corrected chi connectivity index (χ0v) is 23.8. The number of fused-ring (bicyclic) bond motifs is 8. The van der Waals surface area contributed by atoms with Crippen molar-refractivity contribution in [3.63, 3.8) is 0 Å². The van der Waals surface area contributed by atoms with Crippen LogP contribution in [-0.2, 0) is 0 Å². The zero-order valence-electron chi connectivity index (χ0n) is 23.8. The fourth-order valence-corrected chi connectivity index (χ4v) is 6.76. The lowest BCUT2D eigenvalue weighted by Crippen LogP contribution is -1.96. The number of rotatable bonds is 2. The molecular weight excluding hydrogens is 508 g/mol. The molecule has 200 valence electrons. The Hall–Kier alpha value is -5.34. The number of benzene rings is 7.